The molecule has 0 radical (unpaired) electrons. The summed E-state index contributed by atoms with van der Waals surface area (Å²) in [6.45, 7) is 8.62. The highest BCUT2D eigenvalue weighted by Crippen LogP contribution is 2.45. The third-order valence-corrected chi connectivity index (χ3v) is 4.96. The number of rotatable bonds is 1. The number of hydrogen-bond donors (Lipinski definition) is 0. The van der Waals surface area contributed by atoms with Gasteiger partial charge in [0.2, 0.25) is 0 Å². The van der Waals surface area contributed by atoms with Crippen LogP contribution in [-0.2, 0) is 11.2 Å². The smallest absolute Gasteiger partial charge is 0.410 e. The Bertz CT molecular complexity index is 618. The maximum Gasteiger partial charge on any atom is 0.410 e. The zero-order valence-corrected chi connectivity index (χ0v) is 14.8. The lowest BCUT2D eigenvalue weighted by molar-refractivity contribution is 0.0210. The molecule has 0 bridgehead atoms. The van der Waals surface area contributed by atoms with E-state index >= 15 is 0 Å². The molecule has 126 valence electrons. The largest absolute Gasteiger partial charge is 0.496 e. The van der Waals surface area contributed by atoms with E-state index in [1.807, 2.05) is 25.7 Å². The fourth-order valence-electron chi connectivity index (χ4n) is 4.06. The highest BCUT2D eigenvalue weighted by atomic mass is 16.6. The summed E-state index contributed by atoms with van der Waals surface area (Å²) in [6, 6.07) is 4.61. The van der Waals surface area contributed by atoms with Crippen LogP contribution in [0.25, 0.3) is 0 Å². The van der Waals surface area contributed by atoms with E-state index in [2.05, 4.69) is 19.1 Å². The van der Waals surface area contributed by atoms with Crippen LogP contribution in [0.4, 0.5) is 4.79 Å². The van der Waals surface area contributed by atoms with E-state index in [1.165, 1.54) is 16.7 Å². The summed E-state index contributed by atoms with van der Waals surface area (Å²) >= 11 is 0. The van der Waals surface area contributed by atoms with Gasteiger partial charge >= 0.3 is 6.09 Å². The van der Waals surface area contributed by atoms with E-state index in [1.54, 1.807) is 7.11 Å². The Morgan fingerprint density at radius 3 is 2.65 bits per heavy atom. The molecule has 1 aliphatic heterocycles. The van der Waals surface area contributed by atoms with Gasteiger partial charge in [0.05, 0.1) is 7.11 Å². The topological polar surface area (TPSA) is 38.8 Å². The number of hydrogen-bond acceptors (Lipinski definition) is 3. The van der Waals surface area contributed by atoms with Gasteiger partial charge in [0.25, 0.3) is 0 Å². The molecular weight excluding hydrogens is 290 g/mol. The van der Waals surface area contributed by atoms with Gasteiger partial charge in [-0.2, -0.15) is 0 Å². The van der Waals surface area contributed by atoms with Crippen molar-refractivity contribution in [2.75, 3.05) is 13.7 Å². The Morgan fingerprint density at radius 1 is 1.26 bits per heavy atom. The van der Waals surface area contributed by atoms with Crippen LogP contribution in [0.1, 0.15) is 56.2 Å². The van der Waals surface area contributed by atoms with Gasteiger partial charge in [0.1, 0.15) is 11.4 Å². The first-order valence-corrected chi connectivity index (χ1v) is 8.48. The number of nitrogens with zero attached hydrogens (tertiary/aromatic N) is 1. The van der Waals surface area contributed by atoms with E-state index < -0.39 is 5.60 Å². The van der Waals surface area contributed by atoms with Gasteiger partial charge in [0.15, 0.2) is 0 Å². The minimum atomic E-state index is -0.442. The molecule has 23 heavy (non-hydrogen) atoms. The minimum Gasteiger partial charge on any atom is -0.496 e. The van der Waals surface area contributed by atoms with E-state index in [4.69, 9.17) is 9.47 Å². The van der Waals surface area contributed by atoms with Crippen molar-refractivity contribution in [3.63, 3.8) is 0 Å². The first kappa shape index (κ1) is 16.2. The third-order valence-electron chi connectivity index (χ3n) is 4.96. The number of benzene rings is 1. The van der Waals surface area contributed by atoms with Gasteiger partial charge in [0, 0.05) is 18.5 Å². The van der Waals surface area contributed by atoms with Crippen molar-refractivity contribution in [3.8, 4) is 5.75 Å². The normalized spacial score (nSPS) is 23.3. The van der Waals surface area contributed by atoms with Crippen LogP contribution in [0.3, 0.4) is 0 Å². The molecule has 1 heterocycles. The molecule has 1 aliphatic carbocycles. The summed E-state index contributed by atoms with van der Waals surface area (Å²) in [5.41, 5.74) is 3.43. The van der Waals surface area contributed by atoms with Crippen LogP contribution in [0.15, 0.2) is 12.1 Å². The Hall–Kier alpha value is -1.71. The van der Waals surface area contributed by atoms with Gasteiger partial charge in [-0.05, 0) is 63.6 Å². The fraction of sp³-hybridized carbons (Fsp3) is 0.632. The van der Waals surface area contributed by atoms with Crippen LogP contribution in [0.2, 0.25) is 0 Å². The van der Waals surface area contributed by atoms with Gasteiger partial charge in [-0.15, -0.1) is 0 Å². The van der Waals surface area contributed by atoms with Crippen molar-refractivity contribution in [1.29, 1.82) is 0 Å². The molecule has 0 saturated carbocycles. The summed E-state index contributed by atoms with van der Waals surface area (Å²) in [5, 5.41) is 0. The molecule has 0 aromatic heterocycles. The Morgan fingerprint density at radius 2 is 2.00 bits per heavy atom. The number of carbonyl (C=O) groups excluding carboxylic acids is 1. The fourth-order valence-corrected chi connectivity index (χ4v) is 4.06. The maximum atomic E-state index is 12.5. The van der Waals surface area contributed by atoms with Gasteiger partial charge < -0.3 is 14.4 Å². The molecule has 2 aliphatic rings. The van der Waals surface area contributed by atoms with Crippen molar-refractivity contribution in [2.24, 2.45) is 0 Å². The van der Waals surface area contributed by atoms with Crippen LogP contribution in [-0.4, -0.2) is 36.3 Å². The summed E-state index contributed by atoms with van der Waals surface area (Å²) in [5.74, 6) is 1.43. The molecule has 4 nitrogen and oxygen atoms in total. The maximum absolute atomic E-state index is 12.5. The first-order chi connectivity index (χ1) is 10.8. The van der Waals surface area contributed by atoms with Crippen molar-refractivity contribution >= 4 is 6.09 Å². The zero-order chi connectivity index (χ0) is 16.8. The number of amides is 1. The molecule has 1 unspecified atom stereocenters. The molecule has 0 spiro atoms. The van der Waals surface area contributed by atoms with E-state index in [0.717, 1.165) is 31.6 Å². The van der Waals surface area contributed by atoms with E-state index in [0.29, 0.717) is 5.92 Å². The van der Waals surface area contributed by atoms with Crippen molar-refractivity contribution in [1.82, 2.24) is 4.90 Å². The molecule has 1 saturated heterocycles. The average Bonchev–Trinajstić information content (AvgIpc) is 2.89. The average molecular weight is 317 g/mol. The number of likely N-dealkylation sites (tertiary alicyclic amines) is 1. The highest BCUT2D eigenvalue weighted by molar-refractivity contribution is 5.69. The third kappa shape index (κ3) is 2.91. The predicted molar refractivity (Wildman–Crippen MR) is 90.1 cm³/mol. The monoisotopic (exact) mass is 317 g/mol. The molecular formula is C19H27NO3. The molecule has 1 fully saturated rings. The number of methoxy groups -OCH3 is 1. The second-order valence-corrected chi connectivity index (χ2v) is 7.66. The van der Waals surface area contributed by atoms with Gasteiger partial charge in [-0.25, -0.2) is 4.79 Å². The SMILES string of the molecule is COc1c(C)ccc2c1CC[C@H]1C2CCN1C(=O)OC(C)(C)C. The highest BCUT2D eigenvalue weighted by Gasteiger charge is 2.43. The number of fused-ring (bicyclic) bond motifs is 3. The van der Waals surface area contributed by atoms with Crippen molar-refractivity contribution in [2.45, 2.75) is 64.5 Å². The number of carbonyl (C=O) groups is 1. The molecule has 1 aromatic rings. The lowest BCUT2D eigenvalue weighted by atomic mass is 9.78. The Labute approximate surface area is 138 Å². The molecule has 0 N–H and O–H groups in total. The second-order valence-electron chi connectivity index (χ2n) is 7.66. The van der Waals surface area contributed by atoms with Crippen LogP contribution in [0, 0.1) is 6.92 Å². The molecule has 4 heteroatoms. The van der Waals surface area contributed by atoms with Crippen LogP contribution >= 0.6 is 0 Å². The van der Waals surface area contributed by atoms with E-state index in [-0.39, 0.29) is 12.1 Å². The summed E-state index contributed by atoms with van der Waals surface area (Å²) in [7, 11) is 1.75. The molecule has 1 aromatic carbocycles. The summed E-state index contributed by atoms with van der Waals surface area (Å²) in [4.78, 5) is 14.4. The molecule has 2 atom stereocenters. The zero-order valence-electron chi connectivity index (χ0n) is 14.8. The number of ether oxygens (including phenoxy) is 2. The molecule has 1 amide bonds. The lowest BCUT2D eigenvalue weighted by Gasteiger charge is -2.35. The second kappa shape index (κ2) is 5.73. The quantitative estimate of drug-likeness (QED) is 0.784. The predicted octanol–water partition coefficient (Wildman–Crippen LogP) is 4.04. The molecule has 3 rings (SSSR count). The first-order valence-electron chi connectivity index (χ1n) is 8.48. The Kier molecular flexibility index (Phi) is 4.03. The van der Waals surface area contributed by atoms with Crippen LogP contribution in [0.5, 0.6) is 5.75 Å². The van der Waals surface area contributed by atoms with Crippen molar-refractivity contribution in [3.05, 3.63) is 28.8 Å². The minimum absolute atomic E-state index is 0.174. The standard InChI is InChI=1S/C19H27NO3/c1-12-6-7-13-14-10-11-20(18(21)23-19(2,3)4)16(14)9-8-15(13)17(12)22-5/h6-7,14,16H,8-11H2,1-5H3/t14?,16-/m0/s1. The lowest BCUT2D eigenvalue weighted by Crippen LogP contribution is -2.42. The summed E-state index contributed by atoms with van der Waals surface area (Å²) in [6.07, 6.45) is 2.77. The van der Waals surface area contributed by atoms with Crippen molar-refractivity contribution < 1.29 is 14.3 Å². The Balaban J connectivity index is 1.86. The number of aryl methyl sites for hydroxylation is 1. The van der Waals surface area contributed by atoms with E-state index in [9.17, 15) is 4.79 Å². The summed E-state index contributed by atoms with van der Waals surface area (Å²) < 4.78 is 11.2. The van der Waals surface area contributed by atoms with Gasteiger partial charge in [-0.3, -0.25) is 0 Å². The van der Waals surface area contributed by atoms with Gasteiger partial charge in [-0.1, -0.05) is 12.1 Å². The van der Waals surface area contributed by atoms with Crippen LogP contribution < -0.4 is 4.74 Å².